The van der Waals surface area contributed by atoms with E-state index in [0.717, 1.165) is 43.1 Å². The maximum atomic E-state index is 5.87. The third-order valence-corrected chi connectivity index (χ3v) is 5.09. The van der Waals surface area contributed by atoms with Gasteiger partial charge in [-0.05, 0) is 12.8 Å². The van der Waals surface area contributed by atoms with E-state index in [1.165, 1.54) is 18.4 Å². The van der Waals surface area contributed by atoms with Crippen LogP contribution in [0.3, 0.4) is 0 Å². The summed E-state index contributed by atoms with van der Waals surface area (Å²) < 4.78 is 5.87. The van der Waals surface area contributed by atoms with Gasteiger partial charge < -0.3 is 10.1 Å². The molecule has 4 nitrogen and oxygen atoms in total. The number of anilines is 1. The van der Waals surface area contributed by atoms with E-state index < -0.39 is 0 Å². The summed E-state index contributed by atoms with van der Waals surface area (Å²) in [5, 5.41) is 6.52. The quantitative estimate of drug-likeness (QED) is 0.920. The minimum atomic E-state index is 0.276. The van der Waals surface area contributed by atoms with Crippen LogP contribution in [0.5, 0.6) is 0 Å². The molecule has 2 heterocycles. The van der Waals surface area contributed by atoms with Crippen molar-refractivity contribution in [2.45, 2.75) is 25.0 Å². The number of nitrogens with one attached hydrogen (secondary N) is 1. The van der Waals surface area contributed by atoms with Crippen molar-refractivity contribution in [2.24, 2.45) is 0 Å². The number of thiazole rings is 1. The normalized spacial score (nSPS) is 22.6. The van der Waals surface area contributed by atoms with Crippen molar-refractivity contribution in [3.05, 3.63) is 35.7 Å². The smallest absolute Gasteiger partial charge is 0.183 e. The molecule has 2 fully saturated rings. The molecular formula is C17H21N3OS. The lowest BCUT2D eigenvalue weighted by Crippen LogP contribution is -2.46. The van der Waals surface area contributed by atoms with Crippen molar-refractivity contribution in [1.29, 1.82) is 0 Å². The van der Waals surface area contributed by atoms with Crippen LogP contribution in [-0.4, -0.2) is 48.3 Å². The summed E-state index contributed by atoms with van der Waals surface area (Å²) in [5.74, 6) is 0. The van der Waals surface area contributed by atoms with E-state index in [1.807, 2.05) is 18.2 Å². The zero-order valence-corrected chi connectivity index (χ0v) is 13.4. The molecular weight excluding hydrogens is 294 g/mol. The number of ether oxygens (including phenoxy) is 1. The first-order chi connectivity index (χ1) is 10.9. The number of rotatable bonds is 5. The van der Waals surface area contributed by atoms with Crippen molar-refractivity contribution >= 4 is 16.5 Å². The zero-order chi connectivity index (χ0) is 14.8. The Morgan fingerprint density at radius 1 is 1.27 bits per heavy atom. The van der Waals surface area contributed by atoms with Gasteiger partial charge >= 0.3 is 0 Å². The summed E-state index contributed by atoms with van der Waals surface area (Å²) in [6, 6.07) is 11.1. The summed E-state index contributed by atoms with van der Waals surface area (Å²) in [6.07, 6.45) is 3.01. The fourth-order valence-electron chi connectivity index (χ4n) is 2.93. The van der Waals surface area contributed by atoms with Gasteiger partial charge in [-0.2, -0.15) is 0 Å². The summed E-state index contributed by atoms with van der Waals surface area (Å²) in [5.41, 5.74) is 2.21. The predicted molar refractivity (Wildman–Crippen MR) is 90.4 cm³/mol. The molecule has 0 spiro atoms. The van der Waals surface area contributed by atoms with Crippen molar-refractivity contribution in [1.82, 2.24) is 9.88 Å². The molecule has 5 heteroatoms. The molecule has 1 aliphatic carbocycles. The molecule has 1 aromatic carbocycles. The van der Waals surface area contributed by atoms with E-state index in [9.17, 15) is 0 Å². The molecule has 0 amide bonds. The van der Waals surface area contributed by atoms with Crippen LogP contribution in [-0.2, 0) is 4.74 Å². The second kappa shape index (κ2) is 6.36. The van der Waals surface area contributed by atoms with Gasteiger partial charge in [-0.1, -0.05) is 30.3 Å². The highest BCUT2D eigenvalue weighted by atomic mass is 32.1. The summed E-state index contributed by atoms with van der Waals surface area (Å²) in [6.45, 7) is 3.84. The van der Waals surface area contributed by atoms with Crippen LogP contribution in [0, 0.1) is 0 Å². The first-order valence-corrected chi connectivity index (χ1v) is 8.87. The number of morpholine rings is 1. The topological polar surface area (TPSA) is 37.4 Å². The van der Waals surface area contributed by atoms with E-state index >= 15 is 0 Å². The summed E-state index contributed by atoms with van der Waals surface area (Å²) >= 11 is 1.66. The molecule has 1 saturated heterocycles. The Morgan fingerprint density at radius 2 is 2.14 bits per heavy atom. The van der Waals surface area contributed by atoms with Gasteiger partial charge in [0.25, 0.3) is 0 Å². The molecule has 116 valence electrons. The number of benzene rings is 1. The molecule has 2 aliphatic rings. The molecule has 2 aromatic rings. The van der Waals surface area contributed by atoms with Crippen LogP contribution >= 0.6 is 11.3 Å². The summed E-state index contributed by atoms with van der Waals surface area (Å²) in [7, 11) is 0. The van der Waals surface area contributed by atoms with E-state index in [-0.39, 0.29) is 6.10 Å². The van der Waals surface area contributed by atoms with Gasteiger partial charge in [0.05, 0.1) is 18.4 Å². The first-order valence-electron chi connectivity index (χ1n) is 7.99. The molecule has 4 rings (SSSR count). The number of hydrogen-bond donors (Lipinski definition) is 1. The van der Waals surface area contributed by atoms with Gasteiger partial charge in [0, 0.05) is 36.6 Å². The number of nitrogens with zero attached hydrogens (tertiary/aromatic N) is 2. The third-order valence-electron chi connectivity index (χ3n) is 4.29. The Morgan fingerprint density at radius 3 is 2.95 bits per heavy atom. The van der Waals surface area contributed by atoms with Crippen LogP contribution < -0.4 is 5.32 Å². The molecule has 1 aliphatic heterocycles. The van der Waals surface area contributed by atoms with Crippen molar-refractivity contribution < 1.29 is 4.74 Å². The molecule has 0 radical (unpaired) electrons. The van der Waals surface area contributed by atoms with Crippen LogP contribution in [0.15, 0.2) is 35.7 Å². The maximum absolute atomic E-state index is 5.87. The van der Waals surface area contributed by atoms with Gasteiger partial charge in [-0.25, -0.2) is 4.98 Å². The van der Waals surface area contributed by atoms with Gasteiger partial charge in [0.15, 0.2) is 5.13 Å². The summed E-state index contributed by atoms with van der Waals surface area (Å²) in [4.78, 5) is 7.25. The van der Waals surface area contributed by atoms with Crippen LogP contribution in [0.4, 0.5) is 5.13 Å². The average molecular weight is 315 g/mol. The molecule has 22 heavy (non-hydrogen) atoms. The van der Waals surface area contributed by atoms with Crippen molar-refractivity contribution in [3.8, 4) is 11.3 Å². The van der Waals surface area contributed by atoms with Crippen LogP contribution in [0.1, 0.15) is 12.8 Å². The minimum Gasteiger partial charge on any atom is -0.374 e. The SMILES string of the molecule is c1ccc(-c2csc(NCC3CN(C4CC4)CCO3)n2)cc1. The highest BCUT2D eigenvalue weighted by molar-refractivity contribution is 7.14. The van der Waals surface area contributed by atoms with E-state index in [1.54, 1.807) is 11.3 Å². The number of hydrogen-bond acceptors (Lipinski definition) is 5. The van der Waals surface area contributed by atoms with Gasteiger partial charge in [-0.15, -0.1) is 11.3 Å². The fourth-order valence-corrected chi connectivity index (χ4v) is 3.66. The highest BCUT2D eigenvalue weighted by Gasteiger charge is 2.32. The van der Waals surface area contributed by atoms with E-state index in [2.05, 4.69) is 32.7 Å². The average Bonchev–Trinajstić information content (AvgIpc) is 3.32. The predicted octanol–water partition coefficient (Wildman–Crippen LogP) is 3.09. The van der Waals surface area contributed by atoms with Gasteiger partial charge in [0.2, 0.25) is 0 Å². The third kappa shape index (κ3) is 3.32. The largest absolute Gasteiger partial charge is 0.374 e. The molecule has 0 bridgehead atoms. The van der Waals surface area contributed by atoms with Crippen molar-refractivity contribution in [2.75, 3.05) is 31.6 Å². The Balaban J connectivity index is 1.33. The van der Waals surface area contributed by atoms with E-state index in [4.69, 9.17) is 4.74 Å². The lowest BCUT2D eigenvalue weighted by atomic mass is 10.2. The number of aromatic nitrogens is 1. The van der Waals surface area contributed by atoms with Gasteiger partial charge in [-0.3, -0.25) is 4.90 Å². The molecule has 1 unspecified atom stereocenters. The maximum Gasteiger partial charge on any atom is 0.183 e. The highest BCUT2D eigenvalue weighted by Crippen LogP contribution is 2.28. The lowest BCUT2D eigenvalue weighted by Gasteiger charge is -2.33. The first kappa shape index (κ1) is 14.2. The van der Waals surface area contributed by atoms with Crippen LogP contribution in [0.2, 0.25) is 0 Å². The Kier molecular flexibility index (Phi) is 4.10. The molecule has 1 N–H and O–H groups in total. The van der Waals surface area contributed by atoms with E-state index in [0.29, 0.717) is 0 Å². The lowest BCUT2D eigenvalue weighted by molar-refractivity contribution is -0.0241. The molecule has 1 atom stereocenters. The minimum absolute atomic E-state index is 0.276. The monoisotopic (exact) mass is 315 g/mol. The second-order valence-corrected chi connectivity index (χ2v) is 6.86. The van der Waals surface area contributed by atoms with Crippen molar-refractivity contribution in [3.63, 3.8) is 0 Å². The molecule has 1 aromatic heterocycles. The second-order valence-electron chi connectivity index (χ2n) is 6.00. The molecule has 1 saturated carbocycles. The van der Waals surface area contributed by atoms with Crippen LogP contribution in [0.25, 0.3) is 11.3 Å². The Hall–Kier alpha value is -1.43. The fraction of sp³-hybridized carbons (Fsp3) is 0.471. The Bertz CT molecular complexity index is 611. The van der Waals surface area contributed by atoms with Gasteiger partial charge in [0.1, 0.15) is 0 Å². The zero-order valence-electron chi connectivity index (χ0n) is 12.6. The Labute approximate surface area is 135 Å². The standard InChI is InChI=1S/C17H21N3OS/c1-2-4-13(5-3-1)16-12-22-17(19-16)18-10-15-11-20(8-9-21-15)14-6-7-14/h1-5,12,14-15H,6-11H2,(H,18,19).